The molecule has 136 valence electrons. The van der Waals surface area contributed by atoms with Gasteiger partial charge in [-0.15, -0.1) is 0 Å². The average molecular weight is 362 g/mol. The van der Waals surface area contributed by atoms with Gasteiger partial charge in [0.15, 0.2) is 23.1 Å². The smallest absolute Gasteiger partial charge is 0.450 e. The Kier molecular flexibility index (Phi) is 4.75. The number of rotatable bonds is 5. The molecule has 1 heterocycles. The Morgan fingerprint density at radius 1 is 1.19 bits per heavy atom. The Hall–Kier alpha value is -3.16. The van der Waals surface area contributed by atoms with E-state index in [-0.39, 0.29) is 17.2 Å². The highest BCUT2D eigenvalue weighted by atomic mass is 19.1. The minimum Gasteiger partial charge on any atom is -0.450 e. The van der Waals surface area contributed by atoms with Crippen LogP contribution >= 0.6 is 0 Å². The Morgan fingerprint density at radius 2 is 1.96 bits per heavy atom. The molecule has 2 aromatic carbocycles. The predicted molar refractivity (Wildman–Crippen MR) is 89.7 cm³/mol. The van der Waals surface area contributed by atoms with Gasteiger partial charge in [0.05, 0.1) is 11.7 Å². The zero-order chi connectivity index (χ0) is 18.8. The van der Waals surface area contributed by atoms with E-state index in [0.29, 0.717) is 29.4 Å². The summed E-state index contributed by atoms with van der Waals surface area (Å²) in [4.78, 5) is 11.0. The zero-order valence-electron chi connectivity index (χ0n) is 14.1. The quantitative estimate of drug-likeness (QED) is 0.520. The van der Waals surface area contributed by atoms with E-state index in [2.05, 4.69) is 5.10 Å². The molecule has 3 aromatic rings. The number of hydrogen-bond acceptors (Lipinski definition) is 4. The lowest BCUT2D eigenvalue weighted by molar-refractivity contribution is 0.143. The van der Waals surface area contributed by atoms with Crippen LogP contribution in [0.2, 0.25) is 0 Å². The molecule has 0 amide bonds. The van der Waals surface area contributed by atoms with Crippen LogP contribution in [0.25, 0.3) is 10.9 Å². The number of ether oxygens (including phenoxy) is 2. The molecule has 0 saturated heterocycles. The number of carbonyl (C=O) groups is 1. The largest absolute Gasteiger partial charge is 0.511 e. The third kappa shape index (κ3) is 3.74. The van der Waals surface area contributed by atoms with Crippen LogP contribution in [0.15, 0.2) is 36.5 Å². The summed E-state index contributed by atoms with van der Waals surface area (Å²) in [7, 11) is 0. The molecule has 0 saturated carbocycles. The van der Waals surface area contributed by atoms with Crippen molar-refractivity contribution < 1.29 is 28.2 Å². The highest BCUT2D eigenvalue weighted by Gasteiger charge is 2.17. The fourth-order valence-corrected chi connectivity index (χ4v) is 2.51. The van der Waals surface area contributed by atoms with E-state index in [0.717, 1.165) is 12.1 Å². The van der Waals surface area contributed by atoms with Crippen LogP contribution in [-0.4, -0.2) is 21.0 Å². The summed E-state index contributed by atoms with van der Waals surface area (Å²) in [5.74, 6) is -1.72. The molecule has 0 atom stereocenters. The monoisotopic (exact) mass is 362 g/mol. The molecule has 26 heavy (non-hydrogen) atoms. The first-order valence-corrected chi connectivity index (χ1v) is 7.86. The van der Waals surface area contributed by atoms with Crippen molar-refractivity contribution >= 4 is 17.1 Å². The second-order valence-corrected chi connectivity index (χ2v) is 6.12. The molecular weight excluding hydrogens is 346 g/mol. The van der Waals surface area contributed by atoms with Crippen molar-refractivity contribution in [3.63, 3.8) is 0 Å². The Morgan fingerprint density at radius 3 is 2.62 bits per heavy atom. The molecule has 1 N–H and O–H groups in total. The van der Waals surface area contributed by atoms with Crippen molar-refractivity contribution in [3.8, 4) is 17.2 Å². The summed E-state index contributed by atoms with van der Waals surface area (Å²) in [6.45, 7) is 4.68. The Labute approximate surface area is 147 Å². The topological polar surface area (TPSA) is 73.6 Å². The van der Waals surface area contributed by atoms with Crippen molar-refractivity contribution in [2.45, 2.75) is 20.4 Å². The molecule has 0 spiro atoms. The lowest BCUT2D eigenvalue weighted by atomic mass is 10.2. The number of carboxylic acid groups (broad SMARTS) is 1. The van der Waals surface area contributed by atoms with E-state index < -0.39 is 17.8 Å². The number of fused-ring (bicyclic) bond motifs is 1. The third-order valence-electron chi connectivity index (χ3n) is 3.56. The summed E-state index contributed by atoms with van der Waals surface area (Å²) in [5, 5.41) is 13.9. The van der Waals surface area contributed by atoms with E-state index in [9.17, 15) is 13.6 Å². The minimum atomic E-state index is -1.54. The van der Waals surface area contributed by atoms with Gasteiger partial charge in [-0.3, -0.25) is 4.68 Å². The Bertz CT molecular complexity index is 969. The number of aromatic nitrogens is 2. The van der Waals surface area contributed by atoms with Crippen molar-refractivity contribution in [2.24, 2.45) is 5.92 Å². The molecule has 3 rings (SSSR count). The number of benzene rings is 2. The molecule has 0 aliphatic heterocycles. The highest BCUT2D eigenvalue weighted by Crippen LogP contribution is 2.37. The van der Waals surface area contributed by atoms with Gasteiger partial charge in [-0.25, -0.2) is 13.6 Å². The first kappa shape index (κ1) is 17.7. The fraction of sp³-hybridized carbons (Fsp3) is 0.222. The van der Waals surface area contributed by atoms with Crippen LogP contribution in [-0.2, 0) is 6.54 Å². The van der Waals surface area contributed by atoms with Gasteiger partial charge in [0.1, 0.15) is 5.82 Å². The van der Waals surface area contributed by atoms with Crippen molar-refractivity contribution in [1.82, 2.24) is 9.78 Å². The van der Waals surface area contributed by atoms with Gasteiger partial charge in [-0.05, 0) is 24.1 Å². The average Bonchev–Trinajstić information content (AvgIpc) is 2.91. The standard InChI is InChI=1S/C18H16F2N2O4/c1-10(2)9-22-14-7-17(26-18(23)24)16(5-11(14)8-21-22)25-15-4-3-12(19)6-13(15)20/h3-8,10H,9H2,1-2H3,(H,23,24). The second kappa shape index (κ2) is 6.99. The van der Waals surface area contributed by atoms with Crippen LogP contribution < -0.4 is 9.47 Å². The van der Waals surface area contributed by atoms with E-state index >= 15 is 0 Å². The van der Waals surface area contributed by atoms with Crippen molar-refractivity contribution in [2.75, 3.05) is 0 Å². The van der Waals surface area contributed by atoms with E-state index in [1.807, 2.05) is 13.8 Å². The maximum Gasteiger partial charge on any atom is 0.511 e. The molecule has 0 aliphatic rings. The van der Waals surface area contributed by atoms with Gasteiger partial charge in [-0.2, -0.15) is 5.10 Å². The third-order valence-corrected chi connectivity index (χ3v) is 3.56. The van der Waals surface area contributed by atoms with Crippen molar-refractivity contribution in [3.05, 3.63) is 48.2 Å². The first-order chi connectivity index (χ1) is 12.3. The molecular formula is C18H16F2N2O4. The molecule has 0 aliphatic carbocycles. The molecule has 0 unspecified atom stereocenters. The van der Waals surface area contributed by atoms with Gasteiger partial charge in [0.2, 0.25) is 0 Å². The summed E-state index contributed by atoms with van der Waals surface area (Å²) < 4.78 is 38.8. The van der Waals surface area contributed by atoms with Gasteiger partial charge in [0, 0.05) is 24.1 Å². The first-order valence-electron chi connectivity index (χ1n) is 7.86. The minimum absolute atomic E-state index is 0.0190. The fourth-order valence-electron chi connectivity index (χ4n) is 2.51. The predicted octanol–water partition coefficient (Wildman–Crippen LogP) is 4.82. The second-order valence-electron chi connectivity index (χ2n) is 6.12. The number of nitrogens with zero attached hydrogens (tertiary/aromatic N) is 2. The molecule has 0 fully saturated rings. The van der Waals surface area contributed by atoms with Crippen LogP contribution in [0, 0.1) is 17.6 Å². The number of hydrogen-bond donors (Lipinski definition) is 1. The molecule has 6 nitrogen and oxygen atoms in total. The maximum atomic E-state index is 13.9. The SMILES string of the molecule is CC(C)Cn1ncc2cc(Oc3ccc(F)cc3F)c(OC(=O)O)cc21. The number of halogens is 2. The summed E-state index contributed by atoms with van der Waals surface area (Å²) >= 11 is 0. The van der Waals surface area contributed by atoms with Gasteiger partial charge < -0.3 is 14.6 Å². The van der Waals surface area contributed by atoms with E-state index in [1.165, 1.54) is 12.1 Å². The lowest BCUT2D eigenvalue weighted by Gasteiger charge is -2.12. The maximum absolute atomic E-state index is 13.9. The lowest BCUT2D eigenvalue weighted by Crippen LogP contribution is -2.07. The molecule has 8 heteroatoms. The van der Waals surface area contributed by atoms with E-state index in [4.69, 9.17) is 14.6 Å². The van der Waals surface area contributed by atoms with Crippen LogP contribution in [0.4, 0.5) is 13.6 Å². The van der Waals surface area contributed by atoms with Gasteiger partial charge in [-0.1, -0.05) is 13.8 Å². The normalized spacial score (nSPS) is 11.1. The molecule has 0 bridgehead atoms. The van der Waals surface area contributed by atoms with Crippen molar-refractivity contribution in [1.29, 1.82) is 0 Å². The Balaban J connectivity index is 2.06. The van der Waals surface area contributed by atoms with Crippen LogP contribution in [0.1, 0.15) is 13.8 Å². The van der Waals surface area contributed by atoms with Crippen LogP contribution in [0.3, 0.4) is 0 Å². The zero-order valence-corrected chi connectivity index (χ0v) is 14.1. The molecule has 0 radical (unpaired) electrons. The summed E-state index contributed by atoms with van der Waals surface area (Å²) in [6, 6.07) is 5.79. The van der Waals surface area contributed by atoms with Gasteiger partial charge >= 0.3 is 6.16 Å². The highest BCUT2D eigenvalue weighted by molar-refractivity contribution is 5.84. The molecule has 1 aromatic heterocycles. The summed E-state index contributed by atoms with van der Waals surface area (Å²) in [5.41, 5.74) is 0.655. The van der Waals surface area contributed by atoms with Gasteiger partial charge in [0.25, 0.3) is 0 Å². The van der Waals surface area contributed by atoms with Crippen LogP contribution in [0.5, 0.6) is 17.2 Å². The van der Waals surface area contributed by atoms with E-state index in [1.54, 1.807) is 10.9 Å². The summed E-state index contributed by atoms with van der Waals surface area (Å²) in [6.07, 6.45) is 0.0552.